The lowest BCUT2D eigenvalue weighted by Gasteiger charge is -2.19. The van der Waals surface area contributed by atoms with Crippen LogP contribution in [0.2, 0.25) is 0 Å². The first-order chi connectivity index (χ1) is 10.1. The van der Waals surface area contributed by atoms with Gasteiger partial charge in [0.05, 0.1) is 0 Å². The van der Waals surface area contributed by atoms with Crippen molar-refractivity contribution in [3.05, 3.63) is 72.4 Å². The first-order valence-electron chi connectivity index (χ1n) is 7.43. The predicted octanol–water partition coefficient (Wildman–Crippen LogP) is 4.57. The molecule has 0 fully saturated rings. The highest BCUT2D eigenvalue weighted by Gasteiger charge is 2.13. The van der Waals surface area contributed by atoms with Crippen LogP contribution in [0.3, 0.4) is 0 Å². The van der Waals surface area contributed by atoms with Crippen molar-refractivity contribution < 1.29 is 4.79 Å². The van der Waals surface area contributed by atoms with Crippen molar-refractivity contribution in [1.29, 1.82) is 0 Å². The molecule has 0 aliphatic heterocycles. The third-order valence-corrected chi connectivity index (χ3v) is 3.75. The van der Waals surface area contributed by atoms with Crippen LogP contribution in [0.15, 0.2) is 61.2 Å². The number of allylic oxidation sites excluding steroid dienone is 4. The SMILES string of the molecule is C=C/C=C(\C=C)C(C)c1ccc(C(=O)N(CC)CC)cc1. The topological polar surface area (TPSA) is 20.3 Å². The minimum atomic E-state index is 0.0878. The van der Waals surface area contributed by atoms with Crippen LogP contribution in [0.5, 0.6) is 0 Å². The summed E-state index contributed by atoms with van der Waals surface area (Å²) in [6, 6.07) is 7.84. The molecule has 0 saturated carbocycles. The molecule has 1 aromatic carbocycles. The number of carbonyl (C=O) groups is 1. The van der Waals surface area contributed by atoms with E-state index in [2.05, 4.69) is 20.1 Å². The fourth-order valence-corrected chi connectivity index (χ4v) is 2.33. The predicted molar refractivity (Wildman–Crippen MR) is 90.6 cm³/mol. The second-order valence-electron chi connectivity index (χ2n) is 4.93. The molecule has 21 heavy (non-hydrogen) atoms. The van der Waals surface area contributed by atoms with Gasteiger partial charge in [-0.15, -0.1) is 0 Å². The maximum atomic E-state index is 12.3. The van der Waals surface area contributed by atoms with E-state index in [0.29, 0.717) is 0 Å². The highest BCUT2D eigenvalue weighted by molar-refractivity contribution is 5.94. The number of amides is 1. The van der Waals surface area contributed by atoms with Gasteiger partial charge in [-0.3, -0.25) is 4.79 Å². The third kappa shape index (κ3) is 4.19. The summed E-state index contributed by atoms with van der Waals surface area (Å²) in [6.45, 7) is 15.1. The normalized spacial score (nSPS) is 12.6. The summed E-state index contributed by atoms with van der Waals surface area (Å²) < 4.78 is 0. The Bertz CT molecular complexity index is 521. The zero-order valence-corrected chi connectivity index (χ0v) is 13.3. The zero-order chi connectivity index (χ0) is 15.8. The molecule has 1 aromatic rings. The Morgan fingerprint density at radius 2 is 1.76 bits per heavy atom. The van der Waals surface area contributed by atoms with E-state index in [0.717, 1.165) is 24.2 Å². The average Bonchev–Trinajstić information content (AvgIpc) is 2.53. The molecule has 0 heterocycles. The molecule has 112 valence electrons. The third-order valence-electron chi connectivity index (χ3n) is 3.75. The molecule has 1 atom stereocenters. The van der Waals surface area contributed by atoms with Gasteiger partial charge in [-0.1, -0.05) is 50.4 Å². The lowest BCUT2D eigenvalue weighted by atomic mass is 9.92. The number of hydrogen-bond acceptors (Lipinski definition) is 1. The Labute approximate surface area is 128 Å². The molecule has 1 amide bonds. The molecule has 2 nitrogen and oxygen atoms in total. The molecule has 0 aliphatic rings. The Balaban J connectivity index is 2.97. The maximum Gasteiger partial charge on any atom is 0.253 e. The molecular formula is C19H25NO. The van der Waals surface area contributed by atoms with E-state index in [1.54, 1.807) is 6.08 Å². The standard InChI is InChI=1S/C19H25NO/c1-6-10-16(7-2)15(5)17-11-13-18(14-12-17)19(21)20(8-3)9-4/h6-7,10-15H,1-2,8-9H2,3-5H3/b16-10+. The van der Waals surface area contributed by atoms with Crippen molar-refractivity contribution in [2.45, 2.75) is 26.7 Å². The van der Waals surface area contributed by atoms with E-state index < -0.39 is 0 Å². The molecule has 0 radical (unpaired) electrons. The van der Waals surface area contributed by atoms with Crippen molar-refractivity contribution in [1.82, 2.24) is 4.90 Å². The second-order valence-corrected chi connectivity index (χ2v) is 4.93. The quantitative estimate of drug-likeness (QED) is 0.671. The van der Waals surface area contributed by atoms with Gasteiger partial charge in [0.25, 0.3) is 5.91 Å². The van der Waals surface area contributed by atoms with Crippen LogP contribution in [0.25, 0.3) is 0 Å². The summed E-state index contributed by atoms with van der Waals surface area (Å²) >= 11 is 0. The van der Waals surface area contributed by atoms with Gasteiger partial charge in [-0.25, -0.2) is 0 Å². The average molecular weight is 283 g/mol. The summed E-state index contributed by atoms with van der Waals surface area (Å²) in [5.74, 6) is 0.322. The number of rotatable bonds is 7. The van der Waals surface area contributed by atoms with E-state index in [1.807, 2.05) is 55.2 Å². The molecule has 0 bridgehead atoms. The molecule has 0 aromatic heterocycles. The largest absolute Gasteiger partial charge is 0.339 e. The van der Waals surface area contributed by atoms with Crippen LogP contribution in [-0.2, 0) is 0 Å². The van der Waals surface area contributed by atoms with Crippen molar-refractivity contribution in [3.8, 4) is 0 Å². The van der Waals surface area contributed by atoms with Crippen molar-refractivity contribution >= 4 is 5.91 Å². The van der Waals surface area contributed by atoms with Gasteiger partial charge < -0.3 is 4.90 Å². The molecular weight excluding hydrogens is 258 g/mol. The first-order valence-corrected chi connectivity index (χ1v) is 7.43. The molecule has 0 spiro atoms. The molecule has 1 unspecified atom stereocenters. The smallest absolute Gasteiger partial charge is 0.253 e. The summed E-state index contributed by atoms with van der Waals surface area (Å²) in [5, 5.41) is 0. The van der Waals surface area contributed by atoms with Gasteiger partial charge in [0, 0.05) is 24.6 Å². The molecule has 1 rings (SSSR count). The van der Waals surface area contributed by atoms with Crippen LogP contribution >= 0.6 is 0 Å². The summed E-state index contributed by atoms with van der Waals surface area (Å²) in [6.07, 6.45) is 5.58. The van der Waals surface area contributed by atoms with E-state index in [-0.39, 0.29) is 11.8 Å². The first kappa shape index (κ1) is 17.0. The fraction of sp³-hybridized carbons (Fsp3) is 0.316. The Morgan fingerprint density at radius 3 is 2.19 bits per heavy atom. The number of nitrogens with zero attached hydrogens (tertiary/aromatic N) is 1. The van der Waals surface area contributed by atoms with Gasteiger partial charge in [0.2, 0.25) is 0 Å². The maximum absolute atomic E-state index is 12.3. The number of carbonyl (C=O) groups excluding carboxylic acids is 1. The lowest BCUT2D eigenvalue weighted by molar-refractivity contribution is 0.0773. The Morgan fingerprint density at radius 1 is 1.19 bits per heavy atom. The molecule has 0 aliphatic carbocycles. The van der Waals surface area contributed by atoms with Gasteiger partial charge >= 0.3 is 0 Å². The van der Waals surface area contributed by atoms with Crippen molar-refractivity contribution in [2.75, 3.05) is 13.1 Å². The van der Waals surface area contributed by atoms with Crippen molar-refractivity contribution in [2.24, 2.45) is 0 Å². The van der Waals surface area contributed by atoms with E-state index in [4.69, 9.17) is 0 Å². The number of benzene rings is 1. The van der Waals surface area contributed by atoms with Crippen LogP contribution in [0.4, 0.5) is 0 Å². The summed E-state index contributed by atoms with van der Waals surface area (Å²) in [5.41, 5.74) is 3.02. The molecule has 0 saturated heterocycles. The minimum absolute atomic E-state index is 0.0878. The van der Waals surface area contributed by atoms with Gasteiger partial charge in [-0.2, -0.15) is 0 Å². The molecule has 0 N–H and O–H groups in total. The molecule has 2 heteroatoms. The summed E-state index contributed by atoms with van der Waals surface area (Å²) in [4.78, 5) is 14.1. The van der Waals surface area contributed by atoms with E-state index >= 15 is 0 Å². The summed E-state index contributed by atoms with van der Waals surface area (Å²) in [7, 11) is 0. The van der Waals surface area contributed by atoms with Crippen LogP contribution in [-0.4, -0.2) is 23.9 Å². The zero-order valence-electron chi connectivity index (χ0n) is 13.3. The highest BCUT2D eigenvalue weighted by atomic mass is 16.2. The Kier molecular flexibility index (Phi) is 6.67. The monoisotopic (exact) mass is 283 g/mol. The van der Waals surface area contributed by atoms with E-state index in [9.17, 15) is 4.79 Å². The Hall–Kier alpha value is -2.09. The lowest BCUT2D eigenvalue weighted by Crippen LogP contribution is -2.30. The van der Waals surface area contributed by atoms with Crippen molar-refractivity contribution in [3.63, 3.8) is 0 Å². The fourth-order valence-electron chi connectivity index (χ4n) is 2.33. The van der Waals surface area contributed by atoms with Gasteiger partial charge in [0.1, 0.15) is 0 Å². The van der Waals surface area contributed by atoms with Crippen LogP contribution in [0.1, 0.15) is 42.6 Å². The highest BCUT2D eigenvalue weighted by Crippen LogP contribution is 2.25. The van der Waals surface area contributed by atoms with E-state index in [1.165, 1.54) is 5.56 Å². The van der Waals surface area contributed by atoms with Gasteiger partial charge in [-0.05, 0) is 37.1 Å². The number of hydrogen-bond donors (Lipinski definition) is 0. The van der Waals surface area contributed by atoms with Crippen LogP contribution in [0, 0.1) is 0 Å². The second kappa shape index (κ2) is 8.25. The minimum Gasteiger partial charge on any atom is -0.339 e. The van der Waals surface area contributed by atoms with Crippen LogP contribution < -0.4 is 0 Å². The van der Waals surface area contributed by atoms with Gasteiger partial charge in [0.15, 0.2) is 0 Å².